The zero-order chi connectivity index (χ0) is 13.1. The second-order valence-electron chi connectivity index (χ2n) is 3.47. The Morgan fingerprint density at radius 3 is 2.44 bits per heavy atom. The van der Waals surface area contributed by atoms with Gasteiger partial charge >= 0.3 is 5.97 Å². The predicted octanol–water partition coefficient (Wildman–Crippen LogP) is 5.08. The second kappa shape index (κ2) is 5.87. The maximum Gasteiger partial charge on any atom is 0.343 e. The van der Waals surface area contributed by atoms with Crippen molar-refractivity contribution in [2.45, 2.75) is 0 Å². The van der Waals surface area contributed by atoms with Crippen LogP contribution in [0.5, 0.6) is 5.75 Å². The maximum atomic E-state index is 11.9. The molecule has 92 valence electrons. The Kier molecular flexibility index (Phi) is 4.43. The first-order valence-electron chi connectivity index (χ1n) is 4.99. The molecule has 0 heterocycles. The number of carbonyl (C=O) groups is 1. The van der Waals surface area contributed by atoms with Gasteiger partial charge in [0.1, 0.15) is 5.75 Å². The average Bonchev–Trinajstić information content (AvgIpc) is 2.32. The minimum absolute atomic E-state index is 0.338. The molecule has 0 atom stereocenters. The molecular formula is C13H7Br2ClO2. The Balaban J connectivity index is 2.21. The van der Waals surface area contributed by atoms with Crippen LogP contribution in [-0.4, -0.2) is 5.97 Å². The molecule has 0 saturated carbocycles. The maximum absolute atomic E-state index is 11.9. The van der Waals surface area contributed by atoms with Gasteiger partial charge in [-0.2, -0.15) is 0 Å². The molecule has 0 aliphatic rings. The van der Waals surface area contributed by atoms with Gasteiger partial charge in [0.05, 0.1) is 10.6 Å². The first-order chi connectivity index (χ1) is 8.56. The fraction of sp³-hybridized carbons (Fsp3) is 0. The van der Waals surface area contributed by atoms with E-state index in [2.05, 4.69) is 31.9 Å². The highest BCUT2D eigenvalue weighted by Crippen LogP contribution is 2.28. The smallest absolute Gasteiger partial charge is 0.343 e. The summed E-state index contributed by atoms with van der Waals surface area (Å²) in [7, 11) is 0. The van der Waals surface area contributed by atoms with Crippen LogP contribution in [0.15, 0.2) is 51.4 Å². The van der Waals surface area contributed by atoms with E-state index < -0.39 is 5.97 Å². The molecule has 2 rings (SSSR count). The van der Waals surface area contributed by atoms with Crippen LogP contribution < -0.4 is 4.74 Å². The van der Waals surface area contributed by atoms with E-state index in [0.29, 0.717) is 16.3 Å². The topological polar surface area (TPSA) is 26.3 Å². The van der Waals surface area contributed by atoms with Gasteiger partial charge in [0, 0.05) is 8.95 Å². The standard InChI is InChI=1S/C13H7Br2ClO2/c14-9-3-1-2-8(6-9)13(17)18-12-5-4-10(15)7-11(12)16/h1-7H. The molecule has 0 radical (unpaired) electrons. The lowest BCUT2D eigenvalue weighted by atomic mass is 10.2. The van der Waals surface area contributed by atoms with Crippen molar-refractivity contribution >= 4 is 49.4 Å². The van der Waals surface area contributed by atoms with Gasteiger partial charge in [-0.05, 0) is 36.4 Å². The molecule has 2 aromatic rings. The number of halogens is 3. The van der Waals surface area contributed by atoms with E-state index in [4.69, 9.17) is 16.3 Å². The summed E-state index contributed by atoms with van der Waals surface area (Å²) in [6.45, 7) is 0. The minimum atomic E-state index is -0.444. The Morgan fingerprint density at radius 2 is 1.78 bits per heavy atom. The van der Waals surface area contributed by atoms with E-state index in [9.17, 15) is 4.79 Å². The van der Waals surface area contributed by atoms with Crippen molar-refractivity contribution in [3.05, 3.63) is 62.0 Å². The van der Waals surface area contributed by atoms with Crippen molar-refractivity contribution in [1.29, 1.82) is 0 Å². The quantitative estimate of drug-likeness (QED) is 0.528. The molecule has 0 fully saturated rings. The van der Waals surface area contributed by atoms with Crippen LogP contribution in [0.2, 0.25) is 5.02 Å². The molecule has 0 aliphatic heterocycles. The summed E-state index contributed by atoms with van der Waals surface area (Å²) < 4.78 is 6.88. The minimum Gasteiger partial charge on any atom is -0.421 e. The first-order valence-corrected chi connectivity index (χ1v) is 6.95. The number of carbonyl (C=O) groups excluding carboxylic acids is 1. The van der Waals surface area contributed by atoms with Gasteiger partial charge in [0.2, 0.25) is 0 Å². The van der Waals surface area contributed by atoms with Gasteiger partial charge in [-0.1, -0.05) is 49.5 Å². The van der Waals surface area contributed by atoms with Crippen LogP contribution in [0.1, 0.15) is 10.4 Å². The Bertz CT molecular complexity index is 599. The monoisotopic (exact) mass is 388 g/mol. The van der Waals surface area contributed by atoms with Gasteiger partial charge in [-0.15, -0.1) is 0 Å². The number of hydrogen-bond donors (Lipinski definition) is 0. The molecule has 0 aliphatic carbocycles. The number of esters is 1. The summed E-state index contributed by atoms with van der Waals surface area (Å²) >= 11 is 12.6. The third kappa shape index (κ3) is 3.34. The van der Waals surface area contributed by atoms with Crippen LogP contribution in [0, 0.1) is 0 Å². The summed E-state index contributed by atoms with van der Waals surface area (Å²) in [5.41, 5.74) is 0.461. The predicted molar refractivity (Wildman–Crippen MR) is 78.3 cm³/mol. The van der Waals surface area contributed by atoms with Crippen LogP contribution in [0.25, 0.3) is 0 Å². The first kappa shape index (κ1) is 13.6. The third-order valence-corrected chi connectivity index (χ3v) is 3.44. The highest BCUT2D eigenvalue weighted by atomic mass is 79.9. The van der Waals surface area contributed by atoms with Crippen LogP contribution in [0.3, 0.4) is 0 Å². The fourth-order valence-corrected chi connectivity index (χ4v) is 2.44. The summed E-state index contributed by atoms with van der Waals surface area (Å²) in [6, 6.07) is 12.0. The fourth-order valence-electron chi connectivity index (χ4n) is 1.33. The molecule has 5 heteroatoms. The van der Waals surface area contributed by atoms with Gasteiger partial charge in [0.25, 0.3) is 0 Å². The summed E-state index contributed by atoms with van der Waals surface area (Å²) in [5.74, 6) is -0.106. The van der Waals surface area contributed by atoms with E-state index in [1.807, 2.05) is 6.07 Å². The van der Waals surface area contributed by atoms with E-state index >= 15 is 0 Å². The van der Waals surface area contributed by atoms with Crippen molar-refractivity contribution in [1.82, 2.24) is 0 Å². The van der Waals surface area contributed by atoms with E-state index in [1.165, 1.54) is 0 Å². The molecule has 0 saturated heterocycles. The van der Waals surface area contributed by atoms with Gasteiger partial charge in [-0.3, -0.25) is 0 Å². The highest BCUT2D eigenvalue weighted by molar-refractivity contribution is 9.10. The third-order valence-electron chi connectivity index (χ3n) is 2.16. The lowest BCUT2D eigenvalue weighted by molar-refractivity contribution is 0.0735. The van der Waals surface area contributed by atoms with Gasteiger partial charge < -0.3 is 4.74 Å². The van der Waals surface area contributed by atoms with Gasteiger partial charge in [0.15, 0.2) is 0 Å². The lowest BCUT2D eigenvalue weighted by Crippen LogP contribution is -2.08. The average molecular weight is 390 g/mol. The Labute approximate surface area is 126 Å². The molecule has 2 aromatic carbocycles. The largest absolute Gasteiger partial charge is 0.421 e. The van der Waals surface area contributed by atoms with E-state index in [1.54, 1.807) is 36.4 Å². The summed E-state index contributed by atoms with van der Waals surface area (Å²) in [6.07, 6.45) is 0. The van der Waals surface area contributed by atoms with Crippen molar-refractivity contribution in [3.63, 3.8) is 0 Å². The number of hydrogen-bond acceptors (Lipinski definition) is 2. The van der Waals surface area contributed by atoms with Crippen LogP contribution >= 0.6 is 43.5 Å². The van der Waals surface area contributed by atoms with Crippen molar-refractivity contribution in [3.8, 4) is 5.75 Å². The SMILES string of the molecule is O=C(Oc1ccc(Br)cc1Cl)c1cccc(Br)c1. The summed E-state index contributed by atoms with van der Waals surface area (Å²) in [5, 5.41) is 0.382. The second-order valence-corrected chi connectivity index (χ2v) is 5.71. The lowest BCUT2D eigenvalue weighted by Gasteiger charge is -2.06. The molecule has 18 heavy (non-hydrogen) atoms. The van der Waals surface area contributed by atoms with E-state index in [0.717, 1.165) is 8.95 Å². The zero-order valence-corrected chi connectivity index (χ0v) is 12.9. The van der Waals surface area contributed by atoms with Crippen molar-refractivity contribution in [2.75, 3.05) is 0 Å². The number of rotatable bonds is 2. The Morgan fingerprint density at radius 1 is 1.06 bits per heavy atom. The van der Waals surface area contributed by atoms with E-state index in [-0.39, 0.29) is 0 Å². The molecule has 2 nitrogen and oxygen atoms in total. The molecule has 0 amide bonds. The van der Waals surface area contributed by atoms with Crippen LogP contribution in [0.4, 0.5) is 0 Å². The van der Waals surface area contributed by atoms with Crippen molar-refractivity contribution in [2.24, 2.45) is 0 Å². The van der Waals surface area contributed by atoms with Crippen LogP contribution in [-0.2, 0) is 0 Å². The molecule has 0 bridgehead atoms. The molecule has 0 spiro atoms. The normalized spacial score (nSPS) is 10.2. The summed E-state index contributed by atoms with van der Waals surface area (Å²) in [4.78, 5) is 11.9. The molecule has 0 N–H and O–H groups in total. The Hall–Kier alpha value is -0.840. The molecular weight excluding hydrogens is 383 g/mol. The number of benzene rings is 2. The van der Waals surface area contributed by atoms with Gasteiger partial charge in [-0.25, -0.2) is 4.79 Å². The molecule has 0 aromatic heterocycles. The van der Waals surface area contributed by atoms with Crippen molar-refractivity contribution < 1.29 is 9.53 Å². The zero-order valence-electron chi connectivity index (χ0n) is 8.99. The molecule has 0 unspecified atom stereocenters. The highest BCUT2D eigenvalue weighted by Gasteiger charge is 2.11. The number of ether oxygens (including phenoxy) is 1.